The summed E-state index contributed by atoms with van der Waals surface area (Å²) in [6.07, 6.45) is 4.96. The van der Waals surface area contributed by atoms with Gasteiger partial charge in [-0.25, -0.2) is 13.4 Å². The lowest BCUT2D eigenvalue weighted by Crippen LogP contribution is -2.13. The summed E-state index contributed by atoms with van der Waals surface area (Å²) in [7, 11) is -2.16. The molecule has 27 heavy (non-hydrogen) atoms. The Morgan fingerprint density at radius 3 is 2.59 bits per heavy atom. The minimum atomic E-state index is -3.70. The maximum Gasteiger partial charge on any atom is 0.261 e. The maximum absolute atomic E-state index is 12.5. The van der Waals surface area contributed by atoms with Crippen LogP contribution in [0.15, 0.2) is 66.0 Å². The Morgan fingerprint density at radius 2 is 1.96 bits per heavy atom. The van der Waals surface area contributed by atoms with Gasteiger partial charge in [-0.05, 0) is 54.4 Å². The van der Waals surface area contributed by atoms with Crippen LogP contribution in [0.25, 0.3) is 0 Å². The first-order chi connectivity index (χ1) is 13.0. The Kier molecular flexibility index (Phi) is 5.56. The van der Waals surface area contributed by atoms with Crippen molar-refractivity contribution in [1.82, 2.24) is 9.97 Å². The molecule has 0 aliphatic carbocycles. The number of nitrogens with zero attached hydrogens (tertiary/aromatic N) is 2. The van der Waals surface area contributed by atoms with Crippen LogP contribution in [0.4, 0.5) is 11.5 Å². The number of hydrogen-bond donors (Lipinski definition) is 2. The fourth-order valence-corrected chi connectivity index (χ4v) is 3.61. The van der Waals surface area contributed by atoms with Crippen LogP contribution in [-0.2, 0) is 16.6 Å². The van der Waals surface area contributed by atoms with Gasteiger partial charge in [0.05, 0.1) is 23.9 Å². The van der Waals surface area contributed by atoms with Crippen molar-refractivity contribution in [2.45, 2.75) is 18.4 Å². The SMILES string of the molecule is COc1ccc(S(=O)(=O)Nc2ccc(NCc3cccnc3)nc2)cc1C. The van der Waals surface area contributed by atoms with Crippen LogP contribution in [0.5, 0.6) is 5.75 Å². The molecule has 0 bridgehead atoms. The Balaban J connectivity index is 1.67. The summed E-state index contributed by atoms with van der Waals surface area (Å²) in [6.45, 7) is 2.37. The second-order valence-corrected chi connectivity index (χ2v) is 7.57. The molecule has 0 radical (unpaired) electrons. The Labute approximate surface area is 158 Å². The van der Waals surface area contributed by atoms with Gasteiger partial charge in [0.2, 0.25) is 0 Å². The standard InChI is InChI=1S/C19H20N4O3S/c1-14-10-17(6-7-18(14)26-2)27(24,25)23-16-5-8-19(22-13-16)21-12-15-4-3-9-20-11-15/h3-11,13,23H,12H2,1-2H3,(H,21,22). The number of ether oxygens (including phenoxy) is 1. The van der Waals surface area contributed by atoms with Gasteiger partial charge in [0.15, 0.2) is 0 Å². The van der Waals surface area contributed by atoms with E-state index in [9.17, 15) is 8.42 Å². The van der Waals surface area contributed by atoms with Crippen LogP contribution in [0.2, 0.25) is 0 Å². The third-order valence-corrected chi connectivity index (χ3v) is 5.27. The van der Waals surface area contributed by atoms with Gasteiger partial charge in [-0.2, -0.15) is 0 Å². The molecule has 7 nitrogen and oxygen atoms in total. The summed E-state index contributed by atoms with van der Waals surface area (Å²) in [4.78, 5) is 8.46. The van der Waals surface area contributed by atoms with E-state index in [1.54, 1.807) is 50.7 Å². The second-order valence-electron chi connectivity index (χ2n) is 5.88. The molecule has 2 heterocycles. The van der Waals surface area contributed by atoms with E-state index in [0.29, 0.717) is 23.8 Å². The predicted molar refractivity (Wildman–Crippen MR) is 104 cm³/mol. The van der Waals surface area contributed by atoms with Crippen LogP contribution in [-0.4, -0.2) is 25.5 Å². The molecule has 0 fully saturated rings. The Hall–Kier alpha value is -3.13. The van der Waals surface area contributed by atoms with Gasteiger partial charge in [0.25, 0.3) is 10.0 Å². The van der Waals surface area contributed by atoms with Crippen LogP contribution < -0.4 is 14.8 Å². The normalized spacial score (nSPS) is 11.0. The Morgan fingerprint density at radius 1 is 1.11 bits per heavy atom. The number of rotatable bonds is 7. The zero-order chi connectivity index (χ0) is 19.3. The van der Waals surface area contributed by atoms with E-state index in [4.69, 9.17) is 4.74 Å². The average molecular weight is 384 g/mol. The number of anilines is 2. The molecule has 0 saturated heterocycles. The number of sulfonamides is 1. The Bertz CT molecular complexity index is 1010. The van der Waals surface area contributed by atoms with Crippen molar-refractivity contribution in [3.05, 3.63) is 72.2 Å². The number of aryl methyl sites for hydroxylation is 1. The van der Waals surface area contributed by atoms with Crippen molar-refractivity contribution >= 4 is 21.5 Å². The van der Waals surface area contributed by atoms with Crippen LogP contribution in [0, 0.1) is 6.92 Å². The van der Waals surface area contributed by atoms with E-state index < -0.39 is 10.0 Å². The summed E-state index contributed by atoms with van der Waals surface area (Å²) >= 11 is 0. The van der Waals surface area contributed by atoms with Crippen LogP contribution >= 0.6 is 0 Å². The third kappa shape index (κ3) is 4.73. The second kappa shape index (κ2) is 8.05. The first-order valence-corrected chi connectivity index (χ1v) is 9.72. The fraction of sp³-hybridized carbons (Fsp3) is 0.158. The molecule has 3 rings (SSSR count). The maximum atomic E-state index is 12.5. The van der Waals surface area contributed by atoms with Crippen molar-refractivity contribution in [3.63, 3.8) is 0 Å². The zero-order valence-corrected chi connectivity index (χ0v) is 15.8. The third-order valence-electron chi connectivity index (χ3n) is 3.89. The average Bonchev–Trinajstić information content (AvgIpc) is 2.68. The van der Waals surface area contributed by atoms with E-state index in [1.165, 1.54) is 12.3 Å². The molecule has 0 aliphatic heterocycles. The van der Waals surface area contributed by atoms with E-state index in [2.05, 4.69) is 20.0 Å². The summed E-state index contributed by atoms with van der Waals surface area (Å²) < 4.78 is 32.8. The van der Waals surface area contributed by atoms with E-state index in [-0.39, 0.29) is 4.90 Å². The highest BCUT2D eigenvalue weighted by Gasteiger charge is 2.15. The van der Waals surface area contributed by atoms with Gasteiger partial charge in [-0.3, -0.25) is 9.71 Å². The monoisotopic (exact) mass is 384 g/mol. The van der Waals surface area contributed by atoms with Crippen molar-refractivity contribution in [3.8, 4) is 5.75 Å². The van der Waals surface area contributed by atoms with Gasteiger partial charge >= 0.3 is 0 Å². The van der Waals surface area contributed by atoms with Crippen molar-refractivity contribution in [1.29, 1.82) is 0 Å². The van der Waals surface area contributed by atoms with Crippen molar-refractivity contribution < 1.29 is 13.2 Å². The molecule has 0 unspecified atom stereocenters. The molecule has 0 aliphatic rings. The van der Waals surface area contributed by atoms with Gasteiger partial charge in [-0.15, -0.1) is 0 Å². The molecule has 0 saturated carbocycles. The molecular formula is C19H20N4O3S. The molecule has 3 aromatic rings. The van der Waals surface area contributed by atoms with E-state index in [1.807, 2.05) is 12.1 Å². The molecule has 0 amide bonds. The number of pyridine rings is 2. The largest absolute Gasteiger partial charge is 0.496 e. The highest BCUT2D eigenvalue weighted by atomic mass is 32.2. The predicted octanol–water partition coefficient (Wildman–Crippen LogP) is 3.21. The van der Waals surface area contributed by atoms with Gasteiger partial charge in [-0.1, -0.05) is 6.07 Å². The summed E-state index contributed by atoms with van der Waals surface area (Å²) in [5.74, 6) is 1.28. The van der Waals surface area contributed by atoms with Crippen molar-refractivity contribution in [2.24, 2.45) is 0 Å². The lowest BCUT2D eigenvalue weighted by molar-refractivity contribution is 0.411. The molecule has 140 valence electrons. The molecule has 1 aromatic carbocycles. The summed E-state index contributed by atoms with van der Waals surface area (Å²) in [5.41, 5.74) is 2.16. The molecule has 8 heteroatoms. The summed E-state index contributed by atoms with van der Waals surface area (Å²) in [5, 5.41) is 3.16. The molecule has 0 spiro atoms. The number of benzene rings is 1. The highest BCUT2D eigenvalue weighted by molar-refractivity contribution is 7.92. The number of methoxy groups -OCH3 is 1. The van der Waals surface area contributed by atoms with E-state index >= 15 is 0 Å². The van der Waals surface area contributed by atoms with Crippen molar-refractivity contribution in [2.75, 3.05) is 17.1 Å². The topological polar surface area (TPSA) is 93.2 Å². The molecule has 2 N–H and O–H groups in total. The number of hydrogen-bond acceptors (Lipinski definition) is 6. The highest BCUT2D eigenvalue weighted by Crippen LogP contribution is 2.23. The number of nitrogens with one attached hydrogen (secondary N) is 2. The zero-order valence-electron chi connectivity index (χ0n) is 15.0. The van der Waals surface area contributed by atoms with Gasteiger partial charge < -0.3 is 10.1 Å². The van der Waals surface area contributed by atoms with Gasteiger partial charge in [0.1, 0.15) is 11.6 Å². The van der Waals surface area contributed by atoms with Crippen LogP contribution in [0.1, 0.15) is 11.1 Å². The smallest absolute Gasteiger partial charge is 0.261 e. The lowest BCUT2D eigenvalue weighted by atomic mass is 10.2. The molecule has 2 aromatic heterocycles. The van der Waals surface area contributed by atoms with Crippen LogP contribution in [0.3, 0.4) is 0 Å². The molecular weight excluding hydrogens is 364 g/mol. The lowest BCUT2D eigenvalue weighted by Gasteiger charge is -2.11. The van der Waals surface area contributed by atoms with E-state index in [0.717, 1.165) is 11.1 Å². The quantitative estimate of drug-likeness (QED) is 0.650. The fourth-order valence-electron chi connectivity index (χ4n) is 2.49. The minimum Gasteiger partial charge on any atom is -0.496 e. The first kappa shape index (κ1) is 18.7. The van der Waals surface area contributed by atoms with Gasteiger partial charge in [0, 0.05) is 18.9 Å². The first-order valence-electron chi connectivity index (χ1n) is 8.24. The molecule has 0 atom stereocenters. The summed E-state index contributed by atoms with van der Waals surface area (Å²) in [6, 6.07) is 11.9. The minimum absolute atomic E-state index is 0.166. The number of aromatic nitrogens is 2.